The summed E-state index contributed by atoms with van der Waals surface area (Å²) in [6.07, 6.45) is -0.212. The predicted molar refractivity (Wildman–Crippen MR) is 72.6 cm³/mol. The van der Waals surface area contributed by atoms with Crippen LogP contribution in [0.5, 0.6) is 0 Å². The molecule has 0 atom stereocenters. The maximum Gasteiger partial charge on any atom is 0.306 e. The van der Waals surface area contributed by atoms with Crippen molar-refractivity contribution in [2.24, 2.45) is 0 Å². The Hall–Kier alpha value is -2.15. The largest absolute Gasteiger partial charge is 0.466 e. The van der Waals surface area contributed by atoms with E-state index in [-0.39, 0.29) is 35.8 Å². The van der Waals surface area contributed by atoms with Crippen LogP contribution in [0.4, 0.5) is 11.4 Å². The number of nitro groups is 1. The van der Waals surface area contributed by atoms with Gasteiger partial charge in [-0.1, -0.05) is 11.6 Å². The average Bonchev–Trinajstić information content (AvgIpc) is 2.36. The van der Waals surface area contributed by atoms with Crippen molar-refractivity contribution in [2.75, 3.05) is 11.9 Å². The number of hydrogen-bond acceptors (Lipinski definition) is 5. The summed E-state index contributed by atoms with van der Waals surface area (Å²) in [4.78, 5) is 32.9. The van der Waals surface area contributed by atoms with Crippen molar-refractivity contribution in [1.82, 2.24) is 0 Å². The molecular weight excluding hydrogens is 288 g/mol. The van der Waals surface area contributed by atoms with Crippen molar-refractivity contribution in [2.45, 2.75) is 19.8 Å². The lowest BCUT2D eigenvalue weighted by atomic mass is 10.2. The van der Waals surface area contributed by atoms with Crippen molar-refractivity contribution < 1.29 is 19.2 Å². The second kappa shape index (κ2) is 7.44. The Morgan fingerprint density at radius 3 is 2.70 bits per heavy atom. The van der Waals surface area contributed by atoms with E-state index < -0.39 is 16.8 Å². The number of esters is 1. The molecule has 8 heteroatoms. The number of halogens is 1. The third-order valence-corrected chi connectivity index (χ3v) is 2.53. The van der Waals surface area contributed by atoms with Crippen LogP contribution in [-0.4, -0.2) is 23.4 Å². The van der Waals surface area contributed by atoms with Crippen LogP contribution in [0.2, 0.25) is 5.02 Å². The van der Waals surface area contributed by atoms with E-state index >= 15 is 0 Å². The van der Waals surface area contributed by atoms with Crippen LogP contribution in [0.15, 0.2) is 18.2 Å². The Balaban J connectivity index is 2.68. The van der Waals surface area contributed by atoms with E-state index in [2.05, 4.69) is 10.1 Å². The SMILES string of the molecule is CCOC(=O)CCC(=O)Nc1cc(Cl)ccc1[N+](=O)[O-]. The number of amides is 1. The Labute approximate surface area is 120 Å². The molecule has 0 aliphatic rings. The molecular formula is C12H13ClN2O5. The number of nitrogens with zero attached hydrogens (tertiary/aromatic N) is 1. The topological polar surface area (TPSA) is 98.5 Å². The van der Waals surface area contributed by atoms with Crippen molar-refractivity contribution in [3.63, 3.8) is 0 Å². The molecule has 1 amide bonds. The fourth-order valence-corrected chi connectivity index (χ4v) is 1.60. The smallest absolute Gasteiger partial charge is 0.306 e. The van der Waals surface area contributed by atoms with Crippen LogP contribution < -0.4 is 5.32 Å². The van der Waals surface area contributed by atoms with E-state index in [4.69, 9.17) is 11.6 Å². The number of carbonyl (C=O) groups excluding carboxylic acids is 2. The van der Waals surface area contributed by atoms with Gasteiger partial charge in [0.05, 0.1) is 18.0 Å². The van der Waals surface area contributed by atoms with Gasteiger partial charge in [-0.3, -0.25) is 19.7 Å². The molecule has 0 spiro atoms. The minimum Gasteiger partial charge on any atom is -0.466 e. The highest BCUT2D eigenvalue weighted by Gasteiger charge is 2.16. The highest BCUT2D eigenvalue weighted by atomic mass is 35.5. The van der Waals surface area contributed by atoms with Gasteiger partial charge in [0.1, 0.15) is 5.69 Å². The number of nitro benzene ring substituents is 1. The molecule has 0 aliphatic heterocycles. The minimum atomic E-state index is -0.628. The number of carbonyl (C=O) groups is 2. The average molecular weight is 301 g/mol. The van der Waals surface area contributed by atoms with Crippen LogP contribution in [0.3, 0.4) is 0 Å². The lowest BCUT2D eigenvalue weighted by Gasteiger charge is -2.06. The molecule has 0 radical (unpaired) electrons. The molecule has 0 aromatic heterocycles. The molecule has 1 rings (SSSR count). The standard InChI is InChI=1S/C12H13ClN2O5/c1-2-20-12(17)6-5-11(16)14-9-7-8(13)3-4-10(9)15(18)19/h3-4,7H,2,5-6H2,1H3,(H,14,16). The van der Waals surface area contributed by atoms with Crippen LogP contribution >= 0.6 is 11.6 Å². The predicted octanol–water partition coefficient (Wildman–Crippen LogP) is 2.53. The summed E-state index contributed by atoms with van der Waals surface area (Å²) < 4.78 is 4.68. The zero-order chi connectivity index (χ0) is 15.1. The van der Waals surface area contributed by atoms with E-state index in [9.17, 15) is 19.7 Å². The van der Waals surface area contributed by atoms with Gasteiger partial charge < -0.3 is 10.1 Å². The first-order valence-electron chi connectivity index (χ1n) is 5.83. The molecule has 0 unspecified atom stereocenters. The fourth-order valence-electron chi connectivity index (χ4n) is 1.43. The summed E-state index contributed by atoms with van der Waals surface area (Å²) in [6.45, 7) is 1.90. The number of anilines is 1. The third-order valence-electron chi connectivity index (χ3n) is 2.29. The van der Waals surface area contributed by atoms with E-state index in [0.29, 0.717) is 0 Å². The summed E-state index contributed by atoms with van der Waals surface area (Å²) in [7, 11) is 0. The zero-order valence-electron chi connectivity index (χ0n) is 10.7. The second-order valence-electron chi connectivity index (χ2n) is 3.77. The monoisotopic (exact) mass is 300 g/mol. The summed E-state index contributed by atoms with van der Waals surface area (Å²) in [5.74, 6) is -1.02. The van der Waals surface area contributed by atoms with Crippen molar-refractivity contribution in [3.8, 4) is 0 Å². The normalized spacial score (nSPS) is 9.90. The van der Waals surface area contributed by atoms with Gasteiger partial charge in [0.2, 0.25) is 5.91 Å². The quantitative estimate of drug-likeness (QED) is 0.494. The Bertz CT molecular complexity index is 533. The van der Waals surface area contributed by atoms with Gasteiger partial charge in [-0.15, -0.1) is 0 Å². The molecule has 1 aromatic rings. The molecule has 0 fully saturated rings. The van der Waals surface area contributed by atoms with Crippen LogP contribution in [0.25, 0.3) is 0 Å². The maximum atomic E-state index is 11.6. The van der Waals surface area contributed by atoms with Gasteiger partial charge in [-0.2, -0.15) is 0 Å². The number of benzene rings is 1. The first kappa shape index (κ1) is 15.9. The number of hydrogen-bond donors (Lipinski definition) is 1. The summed E-state index contributed by atoms with van der Waals surface area (Å²) in [5, 5.41) is 13.4. The van der Waals surface area contributed by atoms with Gasteiger partial charge in [-0.05, 0) is 19.1 Å². The Morgan fingerprint density at radius 2 is 2.10 bits per heavy atom. The van der Waals surface area contributed by atoms with Crippen molar-refractivity contribution in [1.29, 1.82) is 0 Å². The molecule has 1 N–H and O–H groups in total. The van der Waals surface area contributed by atoms with Gasteiger partial charge in [0, 0.05) is 17.5 Å². The van der Waals surface area contributed by atoms with E-state index in [1.807, 2.05) is 0 Å². The Morgan fingerprint density at radius 1 is 1.40 bits per heavy atom. The molecule has 0 aliphatic carbocycles. The van der Waals surface area contributed by atoms with Crippen LogP contribution in [0.1, 0.15) is 19.8 Å². The molecule has 0 heterocycles. The highest BCUT2D eigenvalue weighted by Crippen LogP contribution is 2.27. The number of nitrogens with one attached hydrogen (secondary N) is 1. The van der Waals surface area contributed by atoms with Gasteiger partial charge in [0.15, 0.2) is 0 Å². The third kappa shape index (κ3) is 4.85. The molecule has 1 aromatic carbocycles. The zero-order valence-corrected chi connectivity index (χ0v) is 11.5. The van der Waals surface area contributed by atoms with Crippen molar-refractivity contribution in [3.05, 3.63) is 33.3 Å². The van der Waals surface area contributed by atoms with Crippen molar-refractivity contribution >= 4 is 34.9 Å². The first-order valence-corrected chi connectivity index (χ1v) is 6.21. The summed E-state index contributed by atoms with van der Waals surface area (Å²) >= 11 is 5.73. The van der Waals surface area contributed by atoms with Gasteiger partial charge in [0.25, 0.3) is 5.69 Å². The van der Waals surface area contributed by atoms with Crippen LogP contribution in [-0.2, 0) is 14.3 Å². The molecule has 0 saturated carbocycles. The summed E-state index contributed by atoms with van der Waals surface area (Å²) in [6, 6.07) is 3.83. The van der Waals surface area contributed by atoms with Gasteiger partial charge in [-0.25, -0.2) is 0 Å². The molecule has 0 bridgehead atoms. The maximum absolute atomic E-state index is 11.6. The van der Waals surface area contributed by atoms with E-state index in [1.54, 1.807) is 6.92 Å². The molecule has 20 heavy (non-hydrogen) atoms. The van der Waals surface area contributed by atoms with E-state index in [1.165, 1.54) is 18.2 Å². The molecule has 108 valence electrons. The number of ether oxygens (including phenoxy) is 1. The van der Waals surface area contributed by atoms with E-state index in [0.717, 1.165) is 0 Å². The highest BCUT2D eigenvalue weighted by molar-refractivity contribution is 6.31. The summed E-state index contributed by atoms with van der Waals surface area (Å²) in [5.41, 5.74) is -0.268. The van der Waals surface area contributed by atoms with Gasteiger partial charge >= 0.3 is 5.97 Å². The minimum absolute atomic E-state index is 0.00337. The lowest BCUT2D eigenvalue weighted by molar-refractivity contribution is -0.383. The Kier molecular flexibility index (Phi) is 5.92. The fraction of sp³-hybridized carbons (Fsp3) is 0.333. The first-order chi connectivity index (χ1) is 9.43. The van der Waals surface area contributed by atoms with Crippen LogP contribution in [0, 0.1) is 10.1 Å². The number of rotatable bonds is 6. The molecule has 0 saturated heterocycles. The lowest BCUT2D eigenvalue weighted by Crippen LogP contribution is -2.15. The molecule has 7 nitrogen and oxygen atoms in total. The second-order valence-corrected chi connectivity index (χ2v) is 4.21.